The summed E-state index contributed by atoms with van der Waals surface area (Å²) in [6, 6.07) is 10.5. The predicted molar refractivity (Wildman–Crippen MR) is 71.9 cm³/mol. The summed E-state index contributed by atoms with van der Waals surface area (Å²) >= 11 is 0. The number of rotatable bonds is 4. The Bertz CT molecular complexity index is 312. The van der Waals surface area contributed by atoms with Crippen molar-refractivity contribution in [3.8, 4) is 0 Å². The van der Waals surface area contributed by atoms with Gasteiger partial charge in [-0.15, -0.1) is 0 Å². The Morgan fingerprint density at radius 3 is 2.41 bits per heavy atom. The Labute approximate surface area is 105 Å². The minimum atomic E-state index is -0.0947. The summed E-state index contributed by atoms with van der Waals surface area (Å²) in [5.74, 6) is 1.42. The van der Waals surface area contributed by atoms with Gasteiger partial charge in [-0.05, 0) is 43.1 Å². The second-order valence-electron chi connectivity index (χ2n) is 5.61. The zero-order valence-corrected chi connectivity index (χ0v) is 10.8. The highest BCUT2D eigenvalue weighted by Crippen LogP contribution is 2.31. The van der Waals surface area contributed by atoms with Gasteiger partial charge in [0.1, 0.15) is 0 Å². The van der Waals surface area contributed by atoms with E-state index in [0.717, 1.165) is 18.8 Å². The number of aliphatic hydroxyl groups is 1. The van der Waals surface area contributed by atoms with Crippen molar-refractivity contribution < 1.29 is 5.11 Å². The van der Waals surface area contributed by atoms with Crippen molar-refractivity contribution in [1.82, 2.24) is 0 Å². The first-order valence-corrected chi connectivity index (χ1v) is 6.97. The molecule has 0 heterocycles. The van der Waals surface area contributed by atoms with Crippen LogP contribution in [-0.4, -0.2) is 11.2 Å². The minimum Gasteiger partial charge on any atom is -0.393 e. The van der Waals surface area contributed by atoms with Crippen LogP contribution in [0.1, 0.15) is 44.6 Å². The molecule has 1 unspecified atom stereocenters. The van der Waals surface area contributed by atoms with Crippen molar-refractivity contribution in [1.29, 1.82) is 0 Å². The molecule has 1 saturated carbocycles. The van der Waals surface area contributed by atoms with E-state index in [4.69, 9.17) is 0 Å². The van der Waals surface area contributed by atoms with Gasteiger partial charge in [0.05, 0.1) is 6.10 Å². The molecule has 0 bridgehead atoms. The second-order valence-corrected chi connectivity index (χ2v) is 5.61. The molecular weight excluding hydrogens is 208 g/mol. The summed E-state index contributed by atoms with van der Waals surface area (Å²) in [7, 11) is 0. The van der Waals surface area contributed by atoms with Crippen molar-refractivity contribution in [2.24, 2.45) is 11.8 Å². The second kappa shape index (κ2) is 6.20. The van der Waals surface area contributed by atoms with Gasteiger partial charge in [-0.3, -0.25) is 0 Å². The molecule has 0 saturated heterocycles. The number of aryl methyl sites for hydroxylation is 1. The first-order chi connectivity index (χ1) is 8.25. The molecule has 0 aromatic heterocycles. The van der Waals surface area contributed by atoms with Gasteiger partial charge in [0.15, 0.2) is 0 Å². The van der Waals surface area contributed by atoms with Gasteiger partial charge >= 0.3 is 0 Å². The Kier molecular flexibility index (Phi) is 4.61. The zero-order valence-electron chi connectivity index (χ0n) is 10.8. The topological polar surface area (TPSA) is 20.2 Å². The minimum absolute atomic E-state index is 0.0947. The van der Waals surface area contributed by atoms with E-state index in [0.29, 0.717) is 5.92 Å². The third kappa shape index (κ3) is 3.85. The quantitative estimate of drug-likeness (QED) is 0.837. The van der Waals surface area contributed by atoms with Gasteiger partial charge in [-0.1, -0.05) is 50.1 Å². The SMILES string of the molecule is CC1CCC(C(O)CCc2ccccc2)CC1. The van der Waals surface area contributed by atoms with Crippen LogP contribution >= 0.6 is 0 Å². The highest BCUT2D eigenvalue weighted by molar-refractivity contribution is 5.14. The number of hydrogen-bond acceptors (Lipinski definition) is 1. The molecule has 2 rings (SSSR count). The molecule has 1 nitrogen and oxygen atoms in total. The van der Waals surface area contributed by atoms with Gasteiger partial charge < -0.3 is 5.11 Å². The molecule has 17 heavy (non-hydrogen) atoms. The van der Waals surface area contributed by atoms with Crippen LogP contribution in [0.5, 0.6) is 0 Å². The molecule has 94 valence electrons. The van der Waals surface area contributed by atoms with Crippen molar-refractivity contribution >= 4 is 0 Å². The molecular formula is C16H24O. The molecule has 1 fully saturated rings. The van der Waals surface area contributed by atoms with Crippen molar-refractivity contribution in [3.05, 3.63) is 35.9 Å². The van der Waals surface area contributed by atoms with Gasteiger partial charge in [-0.2, -0.15) is 0 Å². The molecule has 1 aromatic carbocycles. The predicted octanol–water partition coefficient (Wildman–Crippen LogP) is 3.81. The van der Waals surface area contributed by atoms with E-state index in [2.05, 4.69) is 31.2 Å². The number of hydrogen-bond donors (Lipinski definition) is 1. The molecule has 1 aliphatic rings. The summed E-state index contributed by atoms with van der Waals surface area (Å²) < 4.78 is 0. The van der Waals surface area contributed by atoms with E-state index in [-0.39, 0.29) is 6.10 Å². The van der Waals surface area contributed by atoms with Crippen molar-refractivity contribution in [2.75, 3.05) is 0 Å². The molecule has 1 atom stereocenters. The molecule has 1 aliphatic carbocycles. The highest BCUT2D eigenvalue weighted by Gasteiger charge is 2.24. The Hall–Kier alpha value is -0.820. The summed E-state index contributed by atoms with van der Waals surface area (Å²) in [5, 5.41) is 10.2. The molecule has 1 N–H and O–H groups in total. The molecule has 0 aliphatic heterocycles. The lowest BCUT2D eigenvalue weighted by Gasteiger charge is -2.29. The van der Waals surface area contributed by atoms with Crippen molar-refractivity contribution in [2.45, 2.75) is 51.6 Å². The van der Waals surface area contributed by atoms with E-state index in [1.807, 2.05) is 6.07 Å². The maximum Gasteiger partial charge on any atom is 0.0571 e. The summed E-state index contributed by atoms with van der Waals surface area (Å²) in [4.78, 5) is 0. The summed E-state index contributed by atoms with van der Waals surface area (Å²) in [6.07, 6.45) is 6.87. The fourth-order valence-corrected chi connectivity index (χ4v) is 2.87. The first kappa shape index (κ1) is 12.6. The van der Waals surface area contributed by atoms with E-state index >= 15 is 0 Å². The van der Waals surface area contributed by atoms with Crippen LogP contribution in [-0.2, 0) is 6.42 Å². The Morgan fingerprint density at radius 1 is 1.12 bits per heavy atom. The lowest BCUT2D eigenvalue weighted by Crippen LogP contribution is -2.25. The van der Waals surface area contributed by atoms with Crippen LogP contribution in [0.25, 0.3) is 0 Å². The van der Waals surface area contributed by atoms with Crippen LogP contribution in [0.15, 0.2) is 30.3 Å². The lowest BCUT2D eigenvalue weighted by atomic mass is 9.79. The van der Waals surface area contributed by atoms with Gasteiger partial charge in [0.25, 0.3) is 0 Å². The highest BCUT2D eigenvalue weighted by atomic mass is 16.3. The summed E-state index contributed by atoms with van der Waals surface area (Å²) in [6.45, 7) is 2.33. The molecule has 0 radical (unpaired) electrons. The van der Waals surface area contributed by atoms with E-state index in [1.54, 1.807) is 0 Å². The Balaban J connectivity index is 1.75. The van der Waals surface area contributed by atoms with Gasteiger partial charge in [0.2, 0.25) is 0 Å². The average molecular weight is 232 g/mol. The molecule has 1 heteroatoms. The van der Waals surface area contributed by atoms with E-state index < -0.39 is 0 Å². The maximum atomic E-state index is 10.2. The zero-order chi connectivity index (χ0) is 12.1. The number of benzene rings is 1. The van der Waals surface area contributed by atoms with E-state index in [1.165, 1.54) is 31.2 Å². The summed E-state index contributed by atoms with van der Waals surface area (Å²) in [5.41, 5.74) is 1.34. The largest absolute Gasteiger partial charge is 0.393 e. The Morgan fingerprint density at radius 2 is 1.76 bits per heavy atom. The molecule has 0 spiro atoms. The van der Waals surface area contributed by atoms with Crippen LogP contribution in [0.4, 0.5) is 0 Å². The maximum absolute atomic E-state index is 10.2. The fourth-order valence-electron chi connectivity index (χ4n) is 2.87. The van der Waals surface area contributed by atoms with E-state index in [9.17, 15) is 5.11 Å². The fraction of sp³-hybridized carbons (Fsp3) is 0.625. The smallest absolute Gasteiger partial charge is 0.0571 e. The van der Waals surface area contributed by atoms with Gasteiger partial charge in [0, 0.05) is 0 Å². The van der Waals surface area contributed by atoms with Crippen LogP contribution in [0.2, 0.25) is 0 Å². The van der Waals surface area contributed by atoms with Crippen LogP contribution in [0, 0.1) is 11.8 Å². The monoisotopic (exact) mass is 232 g/mol. The third-order valence-corrected chi connectivity index (χ3v) is 4.18. The lowest BCUT2D eigenvalue weighted by molar-refractivity contribution is 0.0690. The normalized spacial score (nSPS) is 26.7. The van der Waals surface area contributed by atoms with Crippen LogP contribution in [0.3, 0.4) is 0 Å². The molecule has 0 amide bonds. The third-order valence-electron chi connectivity index (χ3n) is 4.18. The first-order valence-electron chi connectivity index (χ1n) is 6.97. The van der Waals surface area contributed by atoms with Crippen molar-refractivity contribution in [3.63, 3.8) is 0 Å². The van der Waals surface area contributed by atoms with Gasteiger partial charge in [-0.25, -0.2) is 0 Å². The standard InChI is InChI=1S/C16H24O/c1-13-7-10-15(11-8-13)16(17)12-9-14-5-3-2-4-6-14/h2-6,13,15-17H,7-12H2,1H3. The average Bonchev–Trinajstić information content (AvgIpc) is 2.38. The molecule has 1 aromatic rings. The number of aliphatic hydroxyl groups excluding tert-OH is 1. The van der Waals surface area contributed by atoms with Crippen LogP contribution < -0.4 is 0 Å².